The average Bonchev–Trinajstić information content (AvgIpc) is 3.79. The third-order valence-corrected chi connectivity index (χ3v) is 14.2. The van der Waals surface area contributed by atoms with Gasteiger partial charge >= 0.3 is 0 Å². The number of carbonyl (C=O) groups is 3. The number of phosphoric acid groups is 3. The minimum absolute atomic E-state index is 0.0181. The number of rotatable bonds is 33. The number of phosphoric ester groups is 3. The highest BCUT2D eigenvalue weighted by Crippen LogP contribution is 2.56. The SMILES string of the molecule is CCCCCCCCCCCCCCCC(=O)SCCNC(=O)CCNC(=O)[C@H](O)C(C)(C)COP(=O)([O-])OP(=O)([O-])OC[C@H]1O[C@@H](n2cnc3c(N)ncnc32)[C@H](O)[C@@H]1OP(=O)([O-])[O-]. The van der Waals surface area contributed by atoms with Crippen LogP contribution in [0.15, 0.2) is 12.7 Å². The number of aliphatic hydroxyl groups is 2. The number of imidazole rings is 1. The summed E-state index contributed by atoms with van der Waals surface area (Å²) >= 11 is 1.14. The van der Waals surface area contributed by atoms with Crippen LogP contribution in [-0.4, -0.2) is 103 Å². The Morgan fingerprint density at radius 2 is 1.49 bits per heavy atom. The third kappa shape index (κ3) is 20.8. The zero-order valence-corrected chi connectivity index (χ0v) is 40.3. The normalized spacial score (nSPS) is 20.3. The molecule has 6 N–H and O–H groups in total. The number of nitrogens with two attached hydrogens (primary N) is 1. The lowest BCUT2D eigenvalue weighted by Crippen LogP contribution is -2.46. The van der Waals surface area contributed by atoms with E-state index < -0.39 is 84.6 Å². The Morgan fingerprint density at radius 3 is 2.11 bits per heavy atom. The Bertz CT molecular complexity index is 1960. The summed E-state index contributed by atoms with van der Waals surface area (Å²) in [5, 5.41) is 26.5. The predicted octanol–water partition coefficient (Wildman–Crippen LogP) is 1.62. The van der Waals surface area contributed by atoms with Gasteiger partial charge < -0.3 is 69.0 Å². The van der Waals surface area contributed by atoms with Crippen LogP contribution in [0.3, 0.4) is 0 Å². The van der Waals surface area contributed by atoms with Gasteiger partial charge in [0.2, 0.25) is 11.8 Å². The van der Waals surface area contributed by atoms with Gasteiger partial charge in [-0.15, -0.1) is 0 Å². The molecule has 3 rings (SSSR count). The van der Waals surface area contributed by atoms with Gasteiger partial charge in [0.25, 0.3) is 15.6 Å². The Hall–Kier alpha value is -2.44. The quantitative estimate of drug-likeness (QED) is 0.0501. The molecule has 0 aromatic carbocycles. The molecule has 0 spiro atoms. The van der Waals surface area contributed by atoms with E-state index in [1.54, 1.807) is 0 Å². The first kappa shape index (κ1) is 56.9. The fourth-order valence-corrected chi connectivity index (χ4v) is 10.1. The minimum Gasteiger partial charge on any atom is -0.790 e. The fourth-order valence-electron chi connectivity index (χ4n) is 6.63. The Kier molecular flexibility index (Phi) is 24.1. The molecule has 1 fully saturated rings. The van der Waals surface area contributed by atoms with Crippen LogP contribution in [0, 0.1) is 5.41 Å². The van der Waals surface area contributed by atoms with Crippen molar-refractivity contribution in [2.45, 2.75) is 148 Å². The number of aromatic nitrogens is 4. The van der Waals surface area contributed by atoms with Crippen LogP contribution in [0.2, 0.25) is 0 Å². The van der Waals surface area contributed by atoms with E-state index in [2.05, 4.69) is 50.4 Å². The van der Waals surface area contributed by atoms with Crippen molar-refractivity contribution in [1.82, 2.24) is 30.2 Å². The van der Waals surface area contributed by atoms with Crippen LogP contribution in [0.1, 0.15) is 123 Å². The summed E-state index contributed by atoms with van der Waals surface area (Å²) in [6, 6.07) is 0. The van der Waals surface area contributed by atoms with E-state index >= 15 is 0 Å². The van der Waals surface area contributed by atoms with Crippen LogP contribution < -0.4 is 35.9 Å². The number of aliphatic hydroxyl groups excluding tert-OH is 2. The molecule has 1 saturated heterocycles. The first-order valence-electron chi connectivity index (χ1n) is 21.5. The molecular weight excluding hydrogens is 939 g/mol. The lowest BCUT2D eigenvalue weighted by molar-refractivity contribution is -0.347. The number of nitrogens with one attached hydrogen (secondary N) is 2. The molecular formula is C37H62N7O17P3S-4. The van der Waals surface area contributed by atoms with Gasteiger partial charge in [0.05, 0.1) is 27.4 Å². The summed E-state index contributed by atoms with van der Waals surface area (Å²) in [6.07, 6.45) is 8.77. The number of unbranched alkanes of at least 4 members (excludes halogenated alkanes) is 12. The van der Waals surface area contributed by atoms with Crippen LogP contribution in [0.25, 0.3) is 11.2 Å². The van der Waals surface area contributed by atoms with Crippen LogP contribution in [-0.2, 0) is 50.7 Å². The highest BCUT2D eigenvalue weighted by molar-refractivity contribution is 8.13. The van der Waals surface area contributed by atoms with E-state index in [1.807, 2.05) is 0 Å². The Balaban J connectivity index is 1.32. The van der Waals surface area contributed by atoms with Gasteiger partial charge in [-0.2, -0.15) is 0 Å². The minimum atomic E-state index is -5.92. The number of anilines is 1. The Labute approximate surface area is 382 Å². The molecule has 7 atom stereocenters. The molecule has 2 unspecified atom stereocenters. The molecule has 372 valence electrons. The molecule has 1 aliphatic heterocycles. The van der Waals surface area contributed by atoms with Gasteiger partial charge in [0.15, 0.2) is 22.8 Å². The lowest BCUT2D eigenvalue weighted by atomic mass is 9.87. The number of hydrogen-bond acceptors (Lipinski definition) is 22. The molecule has 2 amide bonds. The first-order valence-corrected chi connectivity index (χ1v) is 26.9. The molecule has 28 heteroatoms. The summed E-state index contributed by atoms with van der Waals surface area (Å²) in [5.41, 5.74) is 4.09. The third-order valence-electron chi connectivity index (χ3n) is 10.2. The molecule has 1 aliphatic rings. The van der Waals surface area contributed by atoms with Gasteiger partial charge in [0.1, 0.15) is 36.3 Å². The van der Waals surface area contributed by atoms with E-state index in [-0.39, 0.29) is 41.6 Å². The van der Waals surface area contributed by atoms with Gasteiger partial charge in [0, 0.05) is 37.1 Å². The van der Waals surface area contributed by atoms with Crippen molar-refractivity contribution in [2.75, 3.05) is 37.8 Å². The molecule has 0 aliphatic carbocycles. The standard InChI is InChI=1S/C37H66N7O17P3S/c1-4-5-6-7-8-9-10-11-12-13-14-15-16-17-28(46)65-21-20-39-27(45)18-19-40-35(49)32(48)37(2,3)23-58-64(55,56)61-63(53,54)57-22-26-31(60-62(50,51)52)30(47)36(59-26)44-25-43-29-33(38)41-24-42-34(29)44/h24-26,30-32,36,47-48H,4-23H2,1-3H3,(H,39,45)(H,40,49)(H,53,54)(H,55,56)(H2,38,41,42)(H2,50,51,52)/p-4/t26-,30-,31-,32+,36-/m1/s1. The van der Waals surface area contributed by atoms with Crippen molar-refractivity contribution in [3.63, 3.8) is 0 Å². The fraction of sp³-hybridized carbons (Fsp3) is 0.784. The highest BCUT2D eigenvalue weighted by atomic mass is 32.2. The molecule has 24 nitrogen and oxygen atoms in total. The number of hydrogen-bond donors (Lipinski definition) is 5. The van der Waals surface area contributed by atoms with Crippen LogP contribution >= 0.6 is 35.2 Å². The average molecular weight is 1000 g/mol. The van der Waals surface area contributed by atoms with Gasteiger partial charge in [-0.1, -0.05) is 110 Å². The number of carbonyl (C=O) groups excluding carboxylic acids is 3. The largest absolute Gasteiger partial charge is 0.790 e. The number of nitrogens with zero attached hydrogens (tertiary/aromatic N) is 4. The molecule has 2 aromatic rings. The zero-order chi connectivity index (χ0) is 48.3. The van der Waals surface area contributed by atoms with Crippen LogP contribution in [0.4, 0.5) is 5.82 Å². The smallest absolute Gasteiger partial charge is 0.274 e. The number of thioether (sulfide) groups is 1. The van der Waals surface area contributed by atoms with E-state index in [4.69, 9.17) is 10.5 Å². The van der Waals surface area contributed by atoms with Gasteiger partial charge in [-0.25, -0.2) is 19.3 Å². The van der Waals surface area contributed by atoms with E-state index in [0.717, 1.165) is 48.2 Å². The van der Waals surface area contributed by atoms with Gasteiger partial charge in [-0.3, -0.25) is 28.1 Å². The zero-order valence-electron chi connectivity index (χ0n) is 36.8. The Morgan fingerprint density at radius 1 is 0.892 bits per heavy atom. The summed E-state index contributed by atoms with van der Waals surface area (Å²) < 4.78 is 60.8. The molecule has 2 aromatic heterocycles. The summed E-state index contributed by atoms with van der Waals surface area (Å²) in [7, 11) is -17.6. The van der Waals surface area contributed by atoms with Crippen molar-refractivity contribution >= 4 is 69.1 Å². The topological polar surface area (TPSA) is 375 Å². The van der Waals surface area contributed by atoms with Crippen molar-refractivity contribution in [1.29, 1.82) is 0 Å². The first-order chi connectivity index (χ1) is 30.6. The second-order valence-corrected chi connectivity index (χ2v) is 21.4. The van der Waals surface area contributed by atoms with Crippen molar-refractivity contribution in [2.24, 2.45) is 5.41 Å². The number of amides is 2. The number of fused-ring (bicyclic) bond motifs is 1. The van der Waals surface area contributed by atoms with Crippen molar-refractivity contribution in [3.8, 4) is 0 Å². The molecule has 0 radical (unpaired) electrons. The maximum atomic E-state index is 12.6. The van der Waals surface area contributed by atoms with Crippen molar-refractivity contribution < 1.29 is 80.5 Å². The summed E-state index contributed by atoms with van der Waals surface area (Å²) in [4.78, 5) is 96.7. The number of ether oxygens (including phenoxy) is 1. The molecule has 0 bridgehead atoms. The summed E-state index contributed by atoms with van der Waals surface area (Å²) in [6.45, 7) is 2.41. The second-order valence-electron chi connectivity index (χ2n) is 16.2. The molecule has 0 saturated carbocycles. The maximum Gasteiger partial charge on any atom is 0.274 e. The van der Waals surface area contributed by atoms with Crippen LogP contribution in [0.5, 0.6) is 0 Å². The highest BCUT2D eigenvalue weighted by Gasteiger charge is 2.47. The van der Waals surface area contributed by atoms with E-state index in [0.29, 0.717) is 12.2 Å². The molecule has 3 heterocycles. The second kappa shape index (κ2) is 27.5. The maximum absolute atomic E-state index is 12.6. The summed E-state index contributed by atoms with van der Waals surface area (Å²) in [5.74, 6) is -1.13. The predicted molar refractivity (Wildman–Crippen MR) is 229 cm³/mol. The number of nitrogen functional groups attached to an aromatic ring is 1. The molecule has 65 heavy (non-hydrogen) atoms. The van der Waals surface area contributed by atoms with Gasteiger partial charge in [-0.05, 0) is 6.42 Å². The van der Waals surface area contributed by atoms with E-state index in [1.165, 1.54) is 78.1 Å². The van der Waals surface area contributed by atoms with E-state index in [9.17, 15) is 57.9 Å². The lowest BCUT2D eigenvalue weighted by Gasteiger charge is -2.36. The monoisotopic (exact) mass is 1000 g/mol. The van der Waals surface area contributed by atoms with Crippen molar-refractivity contribution in [3.05, 3.63) is 12.7 Å².